The van der Waals surface area contributed by atoms with Gasteiger partial charge in [0.2, 0.25) is 5.91 Å². The number of methoxy groups -OCH3 is 1. The number of hydrogen-bond donors (Lipinski definition) is 1. The number of pyridine rings is 1. The third-order valence-corrected chi connectivity index (χ3v) is 3.53. The Bertz CT molecular complexity index is 433. The third-order valence-electron chi connectivity index (χ3n) is 3.53. The second-order valence-electron chi connectivity index (χ2n) is 4.99. The normalized spacial score (nSPS) is 23.7. The second kappa shape index (κ2) is 6.12. The van der Waals surface area contributed by atoms with E-state index in [1.807, 2.05) is 25.3 Å². The number of nitrogens with zero attached hydrogens (tertiary/aromatic N) is 2. The van der Waals surface area contributed by atoms with E-state index in [9.17, 15) is 4.79 Å². The standard InChI is InChI=1S/C14H21N3O2/c1-10-3-5-12(16-9-10)14-11(15)4-6-13(18)17(14)7-8-19-2/h3,5,9,11,14H,4,6-8,15H2,1-2H3. The van der Waals surface area contributed by atoms with Gasteiger partial charge in [0.25, 0.3) is 0 Å². The number of carbonyl (C=O) groups excluding carboxylic acids is 1. The van der Waals surface area contributed by atoms with Gasteiger partial charge in [-0.05, 0) is 25.0 Å². The number of aromatic nitrogens is 1. The molecule has 0 radical (unpaired) electrons. The molecule has 1 aromatic rings. The Hall–Kier alpha value is -1.46. The summed E-state index contributed by atoms with van der Waals surface area (Å²) in [6.45, 7) is 3.06. The predicted octanol–water partition coefficient (Wildman–Crippen LogP) is 1.03. The highest BCUT2D eigenvalue weighted by molar-refractivity contribution is 5.77. The lowest BCUT2D eigenvalue weighted by molar-refractivity contribution is -0.138. The van der Waals surface area contributed by atoms with E-state index in [2.05, 4.69) is 4.98 Å². The summed E-state index contributed by atoms with van der Waals surface area (Å²) in [6, 6.07) is 3.75. The molecule has 1 fully saturated rings. The average molecular weight is 263 g/mol. The quantitative estimate of drug-likeness (QED) is 0.881. The Labute approximate surface area is 113 Å². The fourth-order valence-electron chi connectivity index (χ4n) is 2.46. The summed E-state index contributed by atoms with van der Waals surface area (Å²) in [5, 5.41) is 0. The van der Waals surface area contributed by atoms with Crippen LogP contribution in [-0.4, -0.2) is 42.1 Å². The zero-order valence-corrected chi connectivity index (χ0v) is 11.5. The van der Waals surface area contributed by atoms with Crippen molar-refractivity contribution >= 4 is 5.91 Å². The molecule has 1 saturated heterocycles. The molecule has 2 heterocycles. The van der Waals surface area contributed by atoms with Crippen molar-refractivity contribution in [1.29, 1.82) is 0 Å². The van der Waals surface area contributed by atoms with Gasteiger partial charge in [-0.2, -0.15) is 0 Å². The number of hydrogen-bond acceptors (Lipinski definition) is 4. The Morgan fingerprint density at radius 1 is 1.53 bits per heavy atom. The Kier molecular flexibility index (Phi) is 4.50. The topological polar surface area (TPSA) is 68.5 Å². The van der Waals surface area contributed by atoms with Crippen LogP contribution in [0.25, 0.3) is 0 Å². The van der Waals surface area contributed by atoms with Crippen LogP contribution in [0.4, 0.5) is 0 Å². The first kappa shape index (κ1) is 14.0. The van der Waals surface area contributed by atoms with Crippen LogP contribution in [0, 0.1) is 6.92 Å². The van der Waals surface area contributed by atoms with Gasteiger partial charge in [-0.1, -0.05) is 6.07 Å². The molecular weight excluding hydrogens is 242 g/mol. The molecule has 104 valence electrons. The van der Waals surface area contributed by atoms with Gasteiger partial charge >= 0.3 is 0 Å². The summed E-state index contributed by atoms with van der Waals surface area (Å²) in [5.41, 5.74) is 8.16. The maximum atomic E-state index is 12.1. The largest absolute Gasteiger partial charge is 0.383 e. The summed E-state index contributed by atoms with van der Waals surface area (Å²) in [4.78, 5) is 18.3. The molecule has 2 atom stereocenters. The minimum absolute atomic E-state index is 0.0650. The molecule has 1 aromatic heterocycles. The third kappa shape index (κ3) is 3.11. The molecule has 1 aliphatic heterocycles. The van der Waals surface area contributed by atoms with E-state index in [0.717, 1.165) is 11.3 Å². The van der Waals surface area contributed by atoms with Crippen molar-refractivity contribution in [3.05, 3.63) is 29.6 Å². The first-order chi connectivity index (χ1) is 9.13. The van der Waals surface area contributed by atoms with Crippen molar-refractivity contribution in [2.45, 2.75) is 31.8 Å². The van der Waals surface area contributed by atoms with Crippen LogP contribution >= 0.6 is 0 Å². The molecule has 5 nitrogen and oxygen atoms in total. The maximum absolute atomic E-state index is 12.1. The number of nitrogens with two attached hydrogens (primary N) is 1. The number of ether oxygens (including phenoxy) is 1. The van der Waals surface area contributed by atoms with Gasteiger partial charge in [0.05, 0.1) is 18.3 Å². The average Bonchev–Trinajstić information content (AvgIpc) is 2.41. The molecule has 0 bridgehead atoms. The molecule has 2 rings (SSSR count). The van der Waals surface area contributed by atoms with Crippen LogP contribution < -0.4 is 5.73 Å². The van der Waals surface area contributed by atoms with E-state index in [-0.39, 0.29) is 18.0 Å². The van der Waals surface area contributed by atoms with Gasteiger partial charge in [0, 0.05) is 32.3 Å². The molecule has 19 heavy (non-hydrogen) atoms. The lowest BCUT2D eigenvalue weighted by Crippen LogP contribution is -2.50. The van der Waals surface area contributed by atoms with Gasteiger partial charge in [-0.25, -0.2) is 0 Å². The van der Waals surface area contributed by atoms with Crippen LogP contribution in [0.5, 0.6) is 0 Å². The summed E-state index contributed by atoms with van der Waals surface area (Å²) < 4.78 is 5.08. The molecule has 0 aromatic carbocycles. The molecular formula is C14H21N3O2. The zero-order valence-electron chi connectivity index (χ0n) is 11.5. The first-order valence-corrected chi connectivity index (χ1v) is 6.60. The molecule has 0 spiro atoms. The molecule has 2 unspecified atom stereocenters. The highest BCUT2D eigenvalue weighted by Crippen LogP contribution is 2.29. The van der Waals surface area contributed by atoms with Gasteiger partial charge in [0.15, 0.2) is 0 Å². The van der Waals surface area contributed by atoms with Gasteiger partial charge in [-0.15, -0.1) is 0 Å². The zero-order chi connectivity index (χ0) is 13.8. The second-order valence-corrected chi connectivity index (χ2v) is 4.99. The monoisotopic (exact) mass is 263 g/mol. The predicted molar refractivity (Wildman–Crippen MR) is 72.5 cm³/mol. The van der Waals surface area contributed by atoms with Crippen molar-refractivity contribution < 1.29 is 9.53 Å². The minimum atomic E-state index is -0.142. The Morgan fingerprint density at radius 2 is 2.32 bits per heavy atom. The summed E-state index contributed by atoms with van der Waals surface area (Å²) in [7, 11) is 1.63. The van der Waals surface area contributed by atoms with Crippen LogP contribution in [0.3, 0.4) is 0 Å². The van der Waals surface area contributed by atoms with Crippen molar-refractivity contribution in [2.75, 3.05) is 20.3 Å². The minimum Gasteiger partial charge on any atom is -0.383 e. The smallest absolute Gasteiger partial charge is 0.223 e. The molecule has 5 heteroatoms. The lowest BCUT2D eigenvalue weighted by atomic mass is 9.93. The number of rotatable bonds is 4. The van der Waals surface area contributed by atoms with Crippen molar-refractivity contribution in [2.24, 2.45) is 5.73 Å². The van der Waals surface area contributed by atoms with E-state index >= 15 is 0 Å². The maximum Gasteiger partial charge on any atom is 0.223 e. The highest BCUT2D eigenvalue weighted by Gasteiger charge is 2.35. The van der Waals surface area contributed by atoms with Crippen LogP contribution in [-0.2, 0) is 9.53 Å². The molecule has 1 amide bonds. The molecule has 1 aliphatic rings. The summed E-state index contributed by atoms with van der Waals surface area (Å²) in [6.07, 6.45) is 3.03. The lowest BCUT2D eigenvalue weighted by Gasteiger charge is -2.39. The van der Waals surface area contributed by atoms with Gasteiger partial charge in [0.1, 0.15) is 0 Å². The number of aryl methyl sites for hydroxylation is 1. The first-order valence-electron chi connectivity index (χ1n) is 6.60. The molecule has 0 saturated carbocycles. The van der Waals surface area contributed by atoms with E-state index in [1.165, 1.54) is 0 Å². The number of amides is 1. The fraction of sp³-hybridized carbons (Fsp3) is 0.571. The highest BCUT2D eigenvalue weighted by atomic mass is 16.5. The van der Waals surface area contributed by atoms with E-state index in [1.54, 1.807) is 12.0 Å². The van der Waals surface area contributed by atoms with Gasteiger partial charge < -0.3 is 15.4 Å². The summed E-state index contributed by atoms with van der Waals surface area (Å²) >= 11 is 0. The SMILES string of the molecule is COCCN1C(=O)CCC(N)C1c1ccc(C)cn1. The van der Waals surface area contributed by atoms with Crippen molar-refractivity contribution in [3.63, 3.8) is 0 Å². The van der Waals surface area contributed by atoms with Gasteiger partial charge in [-0.3, -0.25) is 9.78 Å². The van der Waals surface area contributed by atoms with Crippen molar-refractivity contribution in [1.82, 2.24) is 9.88 Å². The van der Waals surface area contributed by atoms with Crippen LogP contribution in [0.2, 0.25) is 0 Å². The Balaban J connectivity index is 2.25. The summed E-state index contributed by atoms with van der Waals surface area (Å²) in [5.74, 6) is 0.131. The number of likely N-dealkylation sites (tertiary alicyclic amines) is 1. The van der Waals surface area contributed by atoms with Crippen LogP contribution in [0.1, 0.15) is 30.1 Å². The fourth-order valence-corrected chi connectivity index (χ4v) is 2.46. The van der Waals surface area contributed by atoms with Crippen molar-refractivity contribution in [3.8, 4) is 0 Å². The van der Waals surface area contributed by atoms with E-state index in [4.69, 9.17) is 10.5 Å². The number of piperidine rings is 1. The van der Waals surface area contributed by atoms with E-state index in [0.29, 0.717) is 26.0 Å². The molecule has 0 aliphatic carbocycles. The number of carbonyl (C=O) groups is 1. The molecule has 2 N–H and O–H groups in total. The van der Waals surface area contributed by atoms with Crippen LogP contribution in [0.15, 0.2) is 18.3 Å². The Morgan fingerprint density at radius 3 is 2.95 bits per heavy atom. The van der Waals surface area contributed by atoms with E-state index < -0.39 is 0 Å².